The van der Waals surface area contributed by atoms with Crippen molar-refractivity contribution in [3.05, 3.63) is 45.3 Å². The van der Waals surface area contributed by atoms with Crippen LogP contribution in [0.1, 0.15) is 20.8 Å². The van der Waals surface area contributed by atoms with E-state index in [1.165, 1.54) is 0 Å². The first-order valence-corrected chi connectivity index (χ1v) is 9.81. The van der Waals surface area contributed by atoms with Crippen molar-refractivity contribution in [3.63, 3.8) is 0 Å². The molecule has 1 aliphatic rings. The lowest BCUT2D eigenvalue weighted by Gasteiger charge is -2.33. The Kier molecular flexibility index (Phi) is 5.48. The molecule has 0 bridgehead atoms. The van der Waals surface area contributed by atoms with Crippen molar-refractivity contribution >= 4 is 49.3 Å². The zero-order chi connectivity index (χ0) is 18.9. The monoisotopic (exact) mass is 482 g/mol. The summed E-state index contributed by atoms with van der Waals surface area (Å²) in [7, 11) is 0. The van der Waals surface area contributed by atoms with E-state index in [-0.39, 0.29) is 12.1 Å². The Balaban J connectivity index is 1.79. The van der Waals surface area contributed by atoms with Gasteiger partial charge in [-0.25, -0.2) is 4.79 Å². The Hall–Kier alpha value is -1.73. The lowest BCUT2D eigenvalue weighted by atomic mass is 10.1. The molecule has 2 aromatic carbocycles. The number of halogens is 2. The highest BCUT2D eigenvalue weighted by atomic mass is 79.9. The second-order valence-corrected chi connectivity index (χ2v) is 8.82. The SMILES string of the molecule is CC(C)(C)NC(=O)OCCN1c2ccc(Br)cc2Oc2cc(Br)ccc21. The molecule has 0 aromatic heterocycles. The van der Waals surface area contributed by atoms with Crippen LogP contribution in [0.2, 0.25) is 0 Å². The number of anilines is 2. The molecule has 0 fully saturated rings. The second-order valence-electron chi connectivity index (χ2n) is 6.99. The molecule has 1 N–H and O–H groups in total. The van der Waals surface area contributed by atoms with Crippen LogP contribution in [-0.4, -0.2) is 24.8 Å². The molecule has 138 valence electrons. The molecule has 2 aromatic rings. The minimum Gasteiger partial charge on any atom is -0.453 e. The molecular formula is C19H20Br2N2O3. The third-order valence-electron chi connectivity index (χ3n) is 3.67. The van der Waals surface area contributed by atoms with E-state index in [0.29, 0.717) is 6.54 Å². The number of alkyl carbamates (subject to hydrolysis) is 1. The number of rotatable bonds is 3. The maximum absolute atomic E-state index is 11.9. The van der Waals surface area contributed by atoms with Crippen LogP contribution in [0.15, 0.2) is 45.3 Å². The van der Waals surface area contributed by atoms with E-state index in [2.05, 4.69) is 42.1 Å². The summed E-state index contributed by atoms with van der Waals surface area (Å²) in [4.78, 5) is 14.0. The smallest absolute Gasteiger partial charge is 0.407 e. The van der Waals surface area contributed by atoms with Crippen LogP contribution in [0.25, 0.3) is 0 Å². The van der Waals surface area contributed by atoms with Gasteiger partial charge in [0, 0.05) is 14.5 Å². The Morgan fingerprint density at radius 2 is 1.62 bits per heavy atom. The van der Waals surface area contributed by atoms with Gasteiger partial charge in [-0.05, 0) is 57.2 Å². The molecule has 0 atom stereocenters. The predicted molar refractivity (Wildman–Crippen MR) is 110 cm³/mol. The summed E-state index contributed by atoms with van der Waals surface area (Å²) >= 11 is 6.96. The van der Waals surface area contributed by atoms with Crippen LogP contribution in [0.4, 0.5) is 16.2 Å². The summed E-state index contributed by atoms with van der Waals surface area (Å²) in [5.41, 5.74) is 1.54. The maximum Gasteiger partial charge on any atom is 0.407 e. The maximum atomic E-state index is 11.9. The lowest BCUT2D eigenvalue weighted by molar-refractivity contribution is 0.140. The van der Waals surface area contributed by atoms with Crippen LogP contribution in [0.5, 0.6) is 11.5 Å². The summed E-state index contributed by atoms with van der Waals surface area (Å²) in [5, 5.41) is 2.79. The predicted octanol–water partition coefficient (Wildman–Crippen LogP) is 5.98. The topological polar surface area (TPSA) is 50.8 Å². The molecule has 7 heteroatoms. The number of hydrogen-bond donors (Lipinski definition) is 1. The standard InChI is InChI=1S/C19H20Br2N2O3/c1-19(2,3)22-18(24)25-9-8-23-14-6-4-12(20)10-16(14)26-17-11-13(21)5-7-15(17)23/h4-7,10-11H,8-9H2,1-3H3,(H,22,24). The molecule has 1 amide bonds. The van der Waals surface area contributed by atoms with Crippen LogP contribution in [0.3, 0.4) is 0 Å². The van der Waals surface area contributed by atoms with E-state index in [1.807, 2.05) is 57.2 Å². The summed E-state index contributed by atoms with van der Waals surface area (Å²) in [6.07, 6.45) is -0.419. The van der Waals surface area contributed by atoms with Crippen molar-refractivity contribution in [2.75, 3.05) is 18.1 Å². The van der Waals surface area contributed by atoms with Crippen molar-refractivity contribution in [1.82, 2.24) is 5.32 Å². The highest BCUT2D eigenvalue weighted by Crippen LogP contribution is 2.47. The summed E-state index contributed by atoms with van der Waals surface area (Å²) < 4.78 is 13.3. The molecule has 26 heavy (non-hydrogen) atoms. The van der Waals surface area contributed by atoms with Crippen LogP contribution in [-0.2, 0) is 4.74 Å². The largest absolute Gasteiger partial charge is 0.453 e. The van der Waals surface area contributed by atoms with Gasteiger partial charge in [-0.15, -0.1) is 0 Å². The zero-order valence-electron chi connectivity index (χ0n) is 14.8. The minimum atomic E-state index is -0.419. The fourth-order valence-corrected chi connectivity index (χ4v) is 3.33. The van der Waals surface area contributed by atoms with Crippen molar-refractivity contribution in [2.45, 2.75) is 26.3 Å². The molecule has 0 aliphatic carbocycles. The van der Waals surface area contributed by atoms with Crippen LogP contribution < -0.4 is 15.0 Å². The van der Waals surface area contributed by atoms with Gasteiger partial charge in [0.2, 0.25) is 0 Å². The first-order chi connectivity index (χ1) is 12.2. The summed E-state index contributed by atoms with van der Waals surface area (Å²) in [6.45, 7) is 6.52. The fraction of sp³-hybridized carbons (Fsp3) is 0.316. The Morgan fingerprint density at radius 3 is 2.12 bits per heavy atom. The molecule has 3 rings (SSSR count). The van der Waals surface area contributed by atoms with Gasteiger partial charge >= 0.3 is 6.09 Å². The van der Waals surface area contributed by atoms with E-state index in [1.54, 1.807) is 0 Å². The Bertz CT molecular complexity index is 783. The van der Waals surface area contributed by atoms with Gasteiger partial charge in [0.1, 0.15) is 6.61 Å². The molecular weight excluding hydrogens is 464 g/mol. The number of nitrogens with zero attached hydrogens (tertiary/aromatic N) is 1. The number of hydrogen-bond acceptors (Lipinski definition) is 4. The van der Waals surface area contributed by atoms with Crippen molar-refractivity contribution < 1.29 is 14.3 Å². The molecule has 1 aliphatic heterocycles. The number of fused-ring (bicyclic) bond motifs is 2. The van der Waals surface area contributed by atoms with Gasteiger partial charge < -0.3 is 19.7 Å². The molecule has 0 unspecified atom stereocenters. The first-order valence-electron chi connectivity index (χ1n) is 8.22. The molecule has 1 heterocycles. The number of carbonyl (C=O) groups excluding carboxylic acids is 1. The number of nitrogens with one attached hydrogen (secondary N) is 1. The molecule has 0 radical (unpaired) electrons. The van der Waals surface area contributed by atoms with Gasteiger partial charge in [-0.3, -0.25) is 0 Å². The van der Waals surface area contributed by atoms with Crippen molar-refractivity contribution in [3.8, 4) is 11.5 Å². The van der Waals surface area contributed by atoms with E-state index in [9.17, 15) is 4.79 Å². The summed E-state index contributed by atoms with van der Waals surface area (Å²) in [6, 6.07) is 11.8. The van der Waals surface area contributed by atoms with Crippen molar-refractivity contribution in [1.29, 1.82) is 0 Å². The Morgan fingerprint density at radius 1 is 1.08 bits per heavy atom. The van der Waals surface area contributed by atoms with Crippen LogP contribution in [0, 0.1) is 0 Å². The molecule has 0 saturated carbocycles. The fourth-order valence-electron chi connectivity index (χ4n) is 2.65. The molecule has 0 saturated heterocycles. The van der Waals surface area contributed by atoms with E-state index in [4.69, 9.17) is 9.47 Å². The number of ether oxygens (including phenoxy) is 2. The van der Waals surface area contributed by atoms with Gasteiger partial charge in [0.05, 0.1) is 17.9 Å². The first kappa shape index (κ1) is 19.0. The third kappa shape index (κ3) is 4.51. The van der Waals surface area contributed by atoms with Gasteiger partial charge in [0.15, 0.2) is 11.5 Å². The molecule has 0 spiro atoms. The number of amides is 1. The average Bonchev–Trinajstić information content (AvgIpc) is 2.51. The summed E-state index contributed by atoms with van der Waals surface area (Å²) in [5.74, 6) is 1.51. The van der Waals surface area contributed by atoms with E-state index >= 15 is 0 Å². The van der Waals surface area contributed by atoms with Gasteiger partial charge in [-0.1, -0.05) is 31.9 Å². The number of benzene rings is 2. The quantitative estimate of drug-likeness (QED) is 0.583. The van der Waals surface area contributed by atoms with Gasteiger partial charge in [-0.2, -0.15) is 0 Å². The van der Waals surface area contributed by atoms with Crippen molar-refractivity contribution in [2.24, 2.45) is 0 Å². The van der Waals surface area contributed by atoms with Gasteiger partial charge in [0.25, 0.3) is 0 Å². The number of carbonyl (C=O) groups is 1. The normalized spacial score (nSPS) is 12.7. The second kappa shape index (κ2) is 7.48. The van der Waals surface area contributed by atoms with E-state index < -0.39 is 6.09 Å². The Labute approximate surface area is 169 Å². The lowest BCUT2D eigenvalue weighted by Crippen LogP contribution is -2.41. The third-order valence-corrected chi connectivity index (χ3v) is 4.66. The highest BCUT2D eigenvalue weighted by molar-refractivity contribution is 9.10. The minimum absolute atomic E-state index is 0.257. The molecule has 5 nitrogen and oxygen atoms in total. The average molecular weight is 484 g/mol. The van der Waals surface area contributed by atoms with Crippen LogP contribution >= 0.6 is 31.9 Å². The van der Waals surface area contributed by atoms with E-state index in [0.717, 1.165) is 31.8 Å². The highest BCUT2D eigenvalue weighted by Gasteiger charge is 2.25. The zero-order valence-corrected chi connectivity index (χ0v) is 18.0.